The summed E-state index contributed by atoms with van der Waals surface area (Å²) in [5.41, 5.74) is 0. The van der Waals surface area contributed by atoms with Crippen LogP contribution in [0.4, 0.5) is 0 Å². The van der Waals surface area contributed by atoms with Crippen molar-refractivity contribution in [1.82, 2.24) is 10.3 Å². The third-order valence-electron chi connectivity index (χ3n) is 2.25. The van der Waals surface area contributed by atoms with Crippen LogP contribution in [0.15, 0.2) is 15.9 Å². The lowest BCUT2D eigenvalue weighted by Crippen LogP contribution is -2.30. The van der Waals surface area contributed by atoms with Crippen molar-refractivity contribution >= 4 is 23.1 Å². The van der Waals surface area contributed by atoms with Crippen LogP contribution in [0, 0.1) is 5.92 Å². The minimum absolute atomic E-state index is 0.850. The average Bonchev–Trinajstić information content (AvgIpc) is 2.69. The molecule has 0 bridgehead atoms. The molecule has 2 heterocycles. The molecule has 1 N–H and O–H groups in total. The molecule has 0 aromatic carbocycles. The summed E-state index contributed by atoms with van der Waals surface area (Å²) in [5, 5.41) is 5.48. The maximum atomic E-state index is 4.26. The highest BCUT2D eigenvalue weighted by Crippen LogP contribution is 2.24. The Morgan fingerprint density at radius 3 is 3.38 bits per heavy atom. The molecule has 0 unspecified atom stereocenters. The van der Waals surface area contributed by atoms with Gasteiger partial charge in [0.2, 0.25) is 0 Å². The van der Waals surface area contributed by atoms with Crippen LogP contribution in [0.3, 0.4) is 0 Å². The Kier molecular flexibility index (Phi) is 3.64. The number of thiazole rings is 1. The number of aromatic nitrogens is 1. The van der Waals surface area contributed by atoms with Crippen LogP contribution in [0.1, 0.15) is 12.8 Å². The maximum Gasteiger partial charge on any atom is 0.149 e. The fourth-order valence-electron chi connectivity index (χ4n) is 1.54. The molecule has 0 saturated carbocycles. The van der Waals surface area contributed by atoms with E-state index in [-0.39, 0.29) is 0 Å². The van der Waals surface area contributed by atoms with Crippen LogP contribution in [0.2, 0.25) is 0 Å². The molecule has 1 aromatic rings. The van der Waals surface area contributed by atoms with E-state index < -0.39 is 0 Å². The number of hydrogen-bond donors (Lipinski definition) is 1. The molecule has 0 radical (unpaired) electrons. The summed E-state index contributed by atoms with van der Waals surface area (Å²) in [4.78, 5) is 4.26. The number of thioether (sulfide) groups is 1. The van der Waals surface area contributed by atoms with E-state index in [0.29, 0.717) is 0 Å². The number of nitrogens with one attached hydrogen (secondary N) is 1. The summed E-state index contributed by atoms with van der Waals surface area (Å²) in [5.74, 6) is 2.07. The van der Waals surface area contributed by atoms with E-state index in [2.05, 4.69) is 10.3 Å². The lowest BCUT2D eigenvalue weighted by Gasteiger charge is -2.21. The summed E-state index contributed by atoms with van der Waals surface area (Å²) in [6.07, 6.45) is 4.60. The summed E-state index contributed by atoms with van der Waals surface area (Å²) in [6, 6.07) is 0. The van der Waals surface area contributed by atoms with Crippen molar-refractivity contribution in [3.63, 3.8) is 0 Å². The largest absolute Gasteiger partial charge is 0.316 e. The first kappa shape index (κ1) is 9.49. The second kappa shape index (κ2) is 4.98. The van der Waals surface area contributed by atoms with Gasteiger partial charge in [-0.3, -0.25) is 0 Å². The highest BCUT2D eigenvalue weighted by atomic mass is 32.2. The van der Waals surface area contributed by atoms with Crippen LogP contribution in [-0.4, -0.2) is 23.8 Å². The van der Waals surface area contributed by atoms with Gasteiger partial charge in [0.05, 0.1) is 0 Å². The van der Waals surface area contributed by atoms with E-state index in [9.17, 15) is 0 Å². The molecule has 1 saturated heterocycles. The second-order valence-corrected chi connectivity index (χ2v) is 5.48. The van der Waals surface area contributed by atoms with Crippen LogP contribution in [-0.2, 0) is 0 Å². The van der Waals surface area contributed by atoms with Gasteiger partial charge in [-0.25, -0.2) is 4.98 Å². The van der Waals surface area contributed by atoms with E-state index >= 15 is 0 Å². The zero-order valence-corrected chi connectivity index (χ0v) is 9.16. The third kappa shape index (κ3) is 2.97. The first-order valence-corrected chi connectivity index (χ1v) is 6.54. The van der Waals surface area contributed by atoms with Gasteiger partial charge < -0.3 is 5.32 Å². The predicted octanol–water partition coefficient (Wildman–Crippen LogP) is 2.23. The monoisotopic (exact) mass is 214 g/mol. The van der Waals surface area contributed by atoms with Crippen molar-refractivity contribution in [2.24, 2.45) is 5.92 Å². The van der Waals surface area contributed by atoms with Crippen molar-refractivity contribution in [2.75, 3.05) is 18.8 Å². The van der Waals surface area contributed by atoms with Crippen molar-refractivity contribution in [3.8, 4) is 0 Å². The Labute approximate surface area is 87.1 Å². The van der Waals surface area contributed by atoms with Gasteiger partial charge >= 0.3 is 0 Å². The summed E-state index contributed by atoms with van der Waals surface area (Å²) in [6.45, 7) is 2.40. The number of piperidine rings is 1. The number of hydrogen-bond acceptors (Lipinski definition) is 4. The Hall–Kier alpha value is -0.0600. The first-order chi connectivity index (χ1) is 6.45. The maximum absolute atomic E-state index is 4.26. The molecule has 13 heavy (non-hydrogen) atoms. The molecule has 1 aliphatic rings. The lowest BCUT2D eigenvalue weighted by atomic mass is 10.0. The Morgan fingerprint density at radius 1 is 1.69 bits per heavy atom. The highest BCUT2D eigenvalue weighted by Gasteiger charge is 2.13. The minimum atomic E-state index is 0.850. The molecule has 0 amide bonds. The van der Waals surface area contributed by atoms with Gasteiger partial charge in [-0.1, -0.05) is 11.8 Å². The third-order valence-corrected chi connectivity index (χ3v) is 4.45. The van der Waals surface area contributed by atoms with Gasteiger partial charge in [0.25, 0.3) is 0 Å². The van der Waals surface area contributed by atoms with E-state index in [0.717, 1.165) is 5.92 Å². The fourth-order valence-corrected chi connectivity index (χ4v) is 3.34. The van der Waals surface area contributed by atoms with E-state index in [1.54, 1.807) is 11.3 Å². The van der Waals surface area contributed by atoms with Crippen molar-refractivity contribution in [2.45, 2.75) is 17.2 Å². The van der Waals surface area contributed by atoms with Gasteiger partial charge in [0.15, 0.2) is 0 Å². The van der Waals surface area contributed by atoms with Crippen LogP contribution in [0.25, 0.3) is 0 Å². The number of nitrogens with zero attached hydrogens (tertiary/aromatic N) is 1. The Balaban J connectivity index is 1.72. The molecule has 1 aromatic heterocycles. The van der Waals surface area contributed by atoms with Crippen LogP contribution in [0.5, 0.6) is 0 Å². The summed E-state index contributed by atoms with van der Waals surface area (Å²) in [7, 11) is 0. The quantitative estimate of drug-likeness (QED) is 0.781. The second-order valence-electron chi connectivity index (χ2n) is 3.32. The van der Waals surface area contributed by atoms with Crippen LogP contribution >= 0.6 is 23.1 Å². The first-order valence-electron chi connectivity index (χ1n) is 4.68. The van der Waals surface area contributed by atoms with E-state index in [4.69, 9.17) is 0 Å². The Bertz CT molecular complexity index is 230. The molecule has 0 aliphatic carbocycles. The zero-order chi connectivity index (χ0) is 8.93. The standard InChI is InChI=1S/C9H14N2S2/c1-2-8(6-10-3-1)7-13-9-11-4-5-12-9/h4-5,8,10H,1-3,6-7H2/t8-/m0/s1. The topological polar surface area (TPSA) is 24.9 Å². The predicted molar refractivity (Wildman–Crippen MR) is 58.4 cm³/mol. The van der Waals surface area contributed by atoms with Crippen molar-refractivity contribution in [3.05, 3.63) is 11.6 Å². The van der Waals surface area contributed by atoms with E-state index in [1.807, 2.05) is 23.3 Å². The summed E-state index contributed by atoms with van der Waals surface area (Å²) >= 11 is 3.64. The molecule has 2 rings (SSSR count). The van der Waals surface area contributed by atoms with Crippen molar-refractivity contribution in [1.29, 1.82) is 0 Å². The average molecular weight is 214 g/mol. The molecule has 1 aliphatic heterocycles. The van der Waals surface area contributed by atoms with Crippen molar-refractivity contribution < 1.29 is 0 Å². The minimum Gasteiger partial charge on any atom is -0.316 e. The molecule has 1 fully saturated rings. The van der Waals surface area contributed by atoms with Gasteiger partial charge in [-0.2, -0.15) is 0 Å². The van der Waals surface area contributed by atoms with Gasteiger partial charge in [0, 0.05) is 17.3 Å². The molecule has 72 valence electrons. The van der Waals surface area contributed by atoms with Gasteiger partial charge in [-0.05, 0) is 31.8 Å². The van der Waals surface area contributed by atoms with E-state index in [1.165, 1.54) is 36.0 Å². The molecule has 4 heteroatoms. The SMILES string of the molecule is c1csc(SC[C@H]2CCCNC2)n1. The molecule has 2 nitrogen and oxygen atoms in total. The van der Waals surface area contributed by atoms with Gasteiger partial charge in [0.1, 0.15) is 4.34 Å². The normalized spacial score (nSPS) is 23.2. The molecular formula is C9H14N2S2. The molecular weight excluding hydrogens is 200 g/mol. The molecule has 0 spiro atoms. The highest BCUT2D eigenvalue weighted by molar-refractivity contribution is 8.01. The fraction of sp³-hybridized carbons (Fsp3) is 0.667. The zero-order valence-electron chi connectivity index (χ0n) is 7.53. The van der Waals surface area contributed by atoms with Gasteiger partial charge in [-0.15, -0.1) is 11.3 Å². The summed E-state index contributed by atoms with van der Waals surface area (Å²) < 4.78 is 1.21. The molecule has 1 atom stereocenters. The number of rotatable bonds is 3. The van der Waals surface area contributed by atoms with Crippen LogP contribution < -0.4 is 5.32 Å². The Morgan fingerprint density at radius 2 is 2.69 bits per heavy atom. The lowest BCUT2D eigenvalue weighted by molar-refractivity contribution is 0.410. The smallest absolute Gasteiger partial charge is 0.149 e.